The Morgan fingerprint density at radius 1 is 1.23 bits per heavy atom. The topological polar surface area (TPSA) is 25.8 Å². The van der Waals surface area contributed by atoms with Crippen molar-refractivity contribution in [2.45, 2.75) is 13.8 Å². The molecule has 0 spiro atoms. The second-order valence-corrected chi connectivity index (χ2v) is 3.10. The molecule has 2 rings (SSSR count). The van der Waals surface area contributed by atoms with Crippen LogP contribution in [0.25, 0.3) is 11.0 Å². The number of hydrogen-bond acceptors (Lipinski definition) is 2. The molecule has 2 aromatic rings. The number of aromatic nitrogens is 2. The summed E-state index contributed by atoms with van der Waals surface area (Å²) in [5.74, 6) is -0.261. The van der Waals surface area contributed by atoms with Crippen LogP contribution < -0.4 is 0 Å². The molecule has 0 N–H and O–H groups in total. The number of aryl methyl sites for hydroxylation is 2. The predicted octanol–water partition coefficient (Wildman–Crippen LogP) is 2.39. The van der Waals surface area contributed by atoms with Crippen LogP contribution in [-0.4, -0.2) is 9.97 Å². The van der Waals surface area contributed by atoms with Gasteiger partial charge in [-0.2, -0.15) is 0 Å². The quantitative estimate of drug-likeness (QED) is 0.616. The van der Waals surface area contributed by atoms with Crippen LogP contribution >= 0.6 is 0 Å². The van der Waals surface area contributed by atoms with Crippen molar-refractivity contribution >= 4 is 11.0 Å². The molecule has 0 aliphatic rings. The summed E-state index contributed by atoms with van der Waals surface area (Å²) in [7, 11) is 0. The molecule has 0 radical (unpaired) electrons. The van der Waals surface area contributed by atoms with Crippen LogP contribution in [0.2, 0.25) is 0 Å². The minimum absolute atomic E-state index is 0.261. The van der Waals surface area contributed by atoms with Gasteiger partial charge in [-0.15, -0.1) is 0 Å². The molecule has 0 amide bonds. The molecule has 3 heteroatoms. The Morgan fingerprint density at radius 2 is 2.00 bits per heavy atom. The fourth-order valence-electron chi connectivity index (χ4n) is 1.33. The minimum atomic E-state index is -0.261. The second kappa shape index (κ2) is 2.76. The molecule has 1 aromatic heterocycles. The number of benzene rings is 1. The van der Waals surface area contributed by atoms with E-state index in [4.69, 9.17) is 0 Å². The van der Waals surface area contributed by atoms with Crippen molar-refractivity contribution in [2.24, 2.45) is 0 Å². The highest BCUT2D eigenvalue weighted by Gasteiger charge is 2.02. The Balaban J connectivity index is 2.87. The van der Waals surface area contributed by atoms with Gasteiger partial charge in [-0.25, -0.2) is 9.37 Å². The Bertz CT molecular complexity index is 466. The van der Waals surface area contributed by atoms with Gasteiger partial charge in [-0.05, 0) is 25.5 Å². The summed E-state index contributed by atoms with van der Waals surface area (Å²) in [5, 5.41) is 0. The van der Waals surface area contributed by atoms with E-state index in [1.807, 2.05) is 13.8 Å². The van der Waals surface area contributed by atoms with Crippen molar-refractivity contribution in [1.29, 1.82) is 0 Å². The van der Waals surface area contributed by atoms with Gasteiger partial charge in [-0.3, -0.25) is 4.98 Å². The smallest absolute Gasteiger partial charge is 0.125 e. The zero-order valence-electron chi connectivity index (χ0n) is 7.50. The first kappa shape index (κ1) is 8.10. The van der Waals surface area contributed by atoms with Gasteiger partial charge < -0.3 is 0 Å². The highest BCUT2D eigenvalue weighted by molar-refractivity contribution is 5.77. The highest BCUT2D eigenvalue weighted by atomic mass is 19.1. The lowest BCUT2D eigenvalue weighted by Gasteiger charge is -2.01. The second-order valence-electron chi connectivity index (χ2n) is 3.10. The third-order valence-corrected chi connectivity index (χ3v) is 1.92. The molecule has 0 saturated carbocycles. The number of halogens is 1. The Kier molecular flexibility index (Phi) is 1.72. The van der Waals surface area contributed by atoms with Crippen molar-refractivity contribution in [3.63, 3.8) is 0 Å². The first-order valence-electron chi connectivity index (χ1n) is 4.06. The van der Waals surface area contributed by atoms with E-state index in [2.05, 4.69) is 9.97 Å². The van der Waals surface area contributed by atoms with Gasteiger partial charge >= 0.3 is 0 Å². The van der Waals surface area contributed by atoms with E-state index in [1.54, 1.807) is 6.20 Å². The van der Waals surface area contributed by atoms with Crippen LogP contribution in [0, 0.1) is 19.7 Å². The molecule has 1 aromatic carbocycles. The first-order valence-corrected chi connectivity index (χ1v) is 4.06. The SMILES string of the molecule is Cc1cnc2cc(F)cc(C)c2n1. The van der Waals surface area contributed by atoms with E-state index in [0.717, 1.165) is 16.8 Å². The molecule has 13 heavy (non-hydrogen) atoms. The molecule has 0 fully saturated rings. The third kappa shape index (κ3) is 1.37. The van der Waals surface area contributed by atoms with Gasteiger partial charge in [0, 0.05) is 12.3 Å². The standard InChI is InChI=1S/C10H9FN2/c1-6-3-8(11)4-9-10(6)13-7(2)5-12-9/h3-5H,1-2H3. The summed E-state index contributed by atoms with van der Waals surface area (Å²) in [5.41, 5.74) is 3.07. The van der Waals surface area contributed by atoms with Gasteiger partial charge in [-0.1, -0.05) is 0 Å². The average Bonchev–Trinajstić information content (AvgIpc) is 2.06. The Morgan fingerprint density at radius 3 is 2.77 bits per heavy atom. The van der Waals surface area contributed by atoms with Crippen molar-refractivity contribution in [3.05, 3.63) is 35.4 Å². The van der Waals surface area contributed by atoms with E-state index >= 15 is 0 Å². The van der Waals surface area contributed by atoms with Gasteiger partial charge in [0.2, 0.25) is 0 Å². The van der Waals surface area contributed by atoms with Crippen LogP contribution in [0.3, 0.4) is 0 Å². The number of hydrogen-bond donors (Lipinski definition) is 0. The molecule has 66 valence electrons. The van der Waals surface area contributed by atoms with E-state index in [-0.39, 0.29) is 5.82 Å². The number of fused-ring (bicyclic) bond motifs is 1. The normalized spacial score (nSPS) is 10.7. The van der Waals surface area contributed by atoms with Crippen LogP contribution in [0.1, 0.15) is 11.3 Å². The van der Waals surface area contributed by atoms with E-state index in [0.29, 0.717) is 5.52 Å². The predicted molar refractivity (Wildman–Crippen MR) is 49.0 cm³/mol. The van der Waals surface area contributed by atoms with Crippen LogP contribution in [-0.2, 0) is 0 Å². The average molecular weight is 176 g/mol. The summed E-state index contributed by atoms with van der Waals surface area (Å²) in [6.07, 6.45) is 1.64. The summed E-state index contributed by atoms with van der Waals surface area (Å²) in [6, 6.07) is 2.87. The summed E-state index contributed by atoms with van der Waals surface area (Å²) in [4.78, 5) is 8.39. The molecular formula is C10H9FN2. The molecule has 0 unspecified atom stereocenters. The van der Waals surface area contributed by atoms with Gasteiger partial charge in [0.15, 0.2) is 0 Å². The van der Waals surface area contributed by atoms with Crippen LogP contribution in [0.4, 0.5) is 4.39 Å². The molecule has 0 saturated heterocycles. The fourth-order valence-corrected chi connectivity index (χ4v) is 1.33. The van der Waals surface area contributed by atoms with Gasteiger partial charge in [0.1, 0.15) is 5.82 Å². The summed E-state index contributed by atoms with van der Waals surface area (Å²) < 4.78 is 12.9. The molecule has 0 atom stereocenters. The van der Waals surface area contributed by atoms with Crippen molar-refractivity contribution in [1.82, 2.24) is 9.97 Å². The summed E-state index contributed by atoms with van der Waals surface area (Å²) >= 11 is 0. The molecule has 0 aliphatic heterocycles. The lowest BCUT2D eigenvalue weighted by molar-refractivity contribution is 0.628. The van der Waals surface area contributed by atoms with Crippen molar-refractivity contribution < 1.29 is 4.39 Å². The van der Waals surface area contributed by atoms with Crippen LogP contribution in [0.5, 0.6) is 0 Å². The summed E-state index contributed by atoms with van der Waals surface area (Å²) in [6.45, 7) is 3.70. The molecule has 0 aliphatic carbocycles. The Hall–Kier alpha value is -1.51. The monoisotopic (exact) mass is 176 g/mol. The molecule has 2 nitrogen and oxygen atoms in total. The maximum atomic E-state index is 12.9. The zero-order chi connectivity index (χ0) is 9.42. The molecule has 0 bridgehead atoms. The Labute approximate surface area is 75.4 Å². The van der Waals surface area contributed by atoms with Gasteiger partial charge in [0.25, 0.3) is 0 Å². The number of nitrogens with zero attached hydrogens (tertiary/aromatic N) is 2. The van der Waals surface area contributed by atoms with E-state index in [9.17, 15) is 4.39 Å². The lowest BCUT2D eigenvalue weighted by Crippen LogP contribution is -1.91. The first-order chi connectivity index (χ1) is 6.16. The van der Waals surface area contributed by atoms with Crippen LogP contribution in [0.15, 0.2) is 18.3 Å². The third-order valence-electron chi connectivity index (χ3n) is 1.92. The minimum Gasteiger partial charge on any atom is -0.253 e. The van der Waals surface area contributed by atoms with Crippen molar-refractivity contribution in [3.8, 4) is 0 Å². The van der Waals surface area contributed by atoms with Gasteiger partial charge in [0.05, 0.1) is 16.7 Å². The zero-order valence-corrected chi connectivity index (χ0v) is 7.50. The van der Waals surface area contributed by atoms with E-state index in [1.165, 1.54) is 12.1 Å². The molecule has 1 heterocycles. The maximum absolute atomic E-state index is 12.9. The molecular weight excluding hydrogens is 167 g/mol. The number of rotatable bonds is 0. The fraction of sp³-hybridized carbons (Fsp3) is 0.200. The van der Waals surface area contributed by atoms with E-state index < -0.39 is 0 Å². The largest absolute Gasteiger partial charge is 0.253 e. The highest BCUT2D eigenvalue weighted by Crippen LogP contribution is 2.15. The van der Waals surface area contributed by atoms with Crippen molar-refractivity contribution in [2.75, 3.05) is 0 Å². The maximum Gasteiger partial charge on any atom is 0.125 e. The lowest BCUT2D eigenvalue weighted by atomic mass is 10.2.